The van der Waals surface area contributed by atoms with Gasteiger partial charge in [0.2, 0.25) is 5.91 Å². The lowest BCUT2D eigenvalue weighted by Gasteiger charge is -2.35. The molecule has 33 heavy (non-hydrogen) atoms. The van der Waals surface area contributed by atoms with E-state index in [-0.39, 0.29) is 18.2 Å². The summed E-state index contributed by atoms with van der Waals surface area (Å²) in [4.78, 5) is 36.7. The molecule has 3 heterocycles. The molecular weight excluding hydrogens is 455 g/mol. The number of hydrogen-bond acceptors (Lipinski definition) is 6. The SMILES string of the molecule is O=C(Nc1nc(CC(=O)N2CCN(c3ccc(C(F)(F)F)cn3)CC2)cs1)c1ccccc1. The van der Waals surface area contributed by atoms with Crippen LogP contribution in [0.15, 0.2) is 54.0 Å². The van der Waals surface area contributed by atoms with Crippen LogP contribution < -0.4 is 10.2 Å². The van der Waals surface area contributed by atoms with Gasteiger partial charge in [0.05, 0.1) is 17.7 Å². The predicted octanol–water partition coefficient (Wildman–Crippen LogP) is 3.70. The molecule has 1 aromatic carbocycles. The Morgan fingerprint density at radius 2 is 1.76 bits per heavy atom. The number of benzene rings is 1. The maximum atomic E-state index is 12.7. The minimum absolute atomic E-state index is 0.0961. The number of nitrogens with one attached hydrogen (secondary N) is 1. The van der Waals surface area contributed by atoms with Gasteiger partial charge in [0, 0.05) is 43.3 Å². The number of pyridine rings is 1. The third-order valence-electron chi connectivity index (χ3n) is 5.17. The lowest BCUT2D eigenvalue weighted by Crippen LogP contribution is -2.49. The van der Waals surface area contributed by atoms with Gasteiger partial charge in [-0.3, -0.25) is 14.9 Å². The van der Waals surface area contributed by atoms with E-state index in [4.69, 9.17) is 0 Å². The molecule has 0 saturated carbocycles. The largest absolute Gasteiger partial charge is 0.417 e. The summed E-state index contributed by atoms with van der Waals surface area (Å²) in [6.07, 6.45) is -3.49. The highest BCUT2D eigenvalue weighted by atomic mass is 32.1. The van der Waals surface area contributed by atoms with E-state index >= 15 is 0 Å². The zero-order valence-corrected chi connectivity index (χ0v) is 18.2. The van der Waals surface area contributed by atoms with Gasteiger partial charge < -0.3 is 9.80 Å². The van der Waals surface area contributed by atoms with E-state index in [1.165, 1.54) is 17.4 Å². The minimum Gasteiger partial charge on any atom is -0.353 e. The van der Waals surface area contributed by atoms with E-state index in [9.17, 15) is 22.8 Å². The van der Waals surface area contributed by atoms with Gasteiger partial charge >= 0.3 is 6.18 Å². The van der Waals surface area contributed by atoms with E-state index in [1.54, 1.807) is 34.5 Å². The Hall–Kier alpha value is -3.47. The number of piperazine rings is 1. The number of rotatable bonds is 5. The van der Waals surface area contributed by atoms with Gasteiger partial charge in [-0.15, -0.1) is 11.3 Å². The molecule has 0 atom stereocenters. The second kappa shape index (κ2) is 9.57. The molecule has 0 aliphatic carbocycles. The Kier molecular flexibility index (Phi) is 6.59. The molecule has 3 aromatic rings. The predicted molar refractivity (Wildman–Crippen MR) is 118 cm³/mol. The highest BCUT2D eigenvalue weighted by Gasteiger charge is 2.31. The zero-order valence-electron chi connectivity index (χ0n) is 17.4. The molecule has 7 nitrogen and oxygen atoms in total. The van der Waals surface area contributed by atoms with Gasteiger partial charge in [0.1, 0.15) is 5.82 Å². The number of carbonyl (C=O) groups is 2. The number of carbonyl (C=O) groups excluding carboxylic acids is 2. The van der Waals surface area contributed by atoms with Crippen molar-refractivity contribution in [3.05, 3.63) is 70.9 Å². The molecule has 0 bridgehead atoms. The number of nitrogens with zero attached hydrogens (tertiary/aromatic N) is 4. The molecule has 172 valence electrons. The molecule has 0 spiro atoms. The normalized spacial score (nSPS) is 14.3. The second-order valence-electron chi connectivity index (χ2n) is 7.41. The molecule has 1 aliphatic rings. The summed E-state index contributed by atoms with van der Waals surface area (Å²) in [5.41, 5.74) is 0.300. The third kappa shape index (κ3) is 5.67. The van der Waals surface area contributed by atoms with Crippen molar-refractivity contribution in [1.82, 2.24) is 14.9 Å². The Labute approximate surface area is 191 Å². The first-order valence-electron chi connectivity index (χ1n) is 10.2. The maximum Gasteiger partial charge on any atom is 0.417 e. The van der Waals surface area contributed by atoms with Crippen LogP contribution in [0, 0.1) is 0 Å². The van der Waals surface area contributed by atoms with Crippen LogP contribution in [0.4, 0.5) is 24.1 Å². The van der Waals surface area contributed by atoms with Crippen molar-refractivity contribution in [3.63, 3.8) is 0 Å². The van der Waals surface area contributed by atoms with E-state index in [2.05, 4.69) is 15.3 Å². The van der Waals surface area contributed by atoms with Crippen LogP contribution >= 0.6 is 11.3 Å². The van der Waals surface area contributed by atoms with Gasteiger partial charge in [0.25, 0.3) is 5.91 Å². The number of thiazole rings is 1. The average Bonchev–Trinajstić information content (AvgIpc) is 3.25. The van der Waals surface area contributed by atoms with Crippen molar-refractivity contribution in [2.75, 3.05) is 36.4 Å². The Morgan fingerprint density at radius 1 is 1.03 bits per heavy atom. The molecule has 4 rings (SSSR count). The van der Waals surface area contributed by atoms with E-state index < -0.39 is 11.7 Å². The first-order valence-corrected chi connectivity index (χ1v) is 11.0. The topological polar surface area (TPSA) is 78.4 Å². The highest BCUT2D eigenvalue weighted by molar-refractivity contribution is 7.14. The summed E-state index contributed by atoms with van der Waals surface area (Å²) >= 11 is 1.25. The first-order chi connectivity index (χ1) is 15.8. The van der Waals surface area contributed by atoms with Gasteiger partial charge in [-0.1, -0.05) is 18.2 Å². The van der Waals surface area contributed by atoms with Crippen molar-refractivity contribution in [3.8, 4) is 0 Å². The fourth-order valence-electron chi connectivity index (χ4n) is 3.40. The molecule has 0 unspecified atom stereocenters. The van der Waals surface area contributed by atoms with E-state index in [1.807, 2.05) is 11.0 Å². The number of anilines is 2. The summed E-state index contributed by atoms with van der Waals surface area (Å²) in [6, 6.07) is 11.1. The standard InChI is InChI=1S/C22H20F3N5O2S/c23-22(24,25)16-6-7-18(26-13-16)29-8-10-30(11-9-29)19(31)12-17-14-33-21(27-17)28-20(32)15-4-2-1-3-5-15/h1-7,13-14H,8-12H2,(H,27,28,32). The Bertz CT molecular complexity index is 1110. The molecule has 1 aliphatic heterocycles. The molecule has 2 amide bonds. The van der Waals surface area contributed by atoms with Crippen LogP contribution in [-0.4, -0.2) is 52.9 Å². The lowest BCUT2D eigenvalue weighted by atomic mass is 10.2. The van der Waals surface area contributed by atoms with Gasteiger partial charge in [-0.25, -0.2) is 9.97 Å². The van der Waals surface area contributed by atoms with Gasteiger partial charge in [0.15, 0.2) is 5.13 Å². The maximum absolute atomic E-state index is 12.7. The summed E-state index contributed by atoms with van der Waals surface area (Å²) in [5, 5.41) is 4.89. The fourth-order valence-corrected chi connectivity index (χ4v) is 4.10. The fraction of sp³-hybridized carbons (Fsp3) is 0.273. The number of alkyl halides is 3. The van der Waals surface area contributed by atoms with Crippen LogP contribution in [-0.2, 0) is 17.4 Å². The van der Waals surface area contributed by atoms with E-state index in [0.29, 0.717) is 48.4 Å². The molecule has 1 N–H and O–H groups in total. The van der Waals surface area contributed by atoms with Gasteiger partial charge in [-0.05, 0) is 24.3 Å². The monoisotopic (exact) mass is 475 g/mol. The van der Waals surface area contributed by atoms with Crippen molar-refractivity contribution < 1.29 is 22.8 Å². The summed E-state index contributed by atoms with van der Waals surface area (Å²) < 4.78 is 38.1. The number of amides is 2. The molecule has 1 fully saturated rings. The number of hydrogen-bond donors (Lipinski definition) is 1. The van der Waals surface area contributed by atoms with Crippen LogP contribution in [0.3, 0.4) is 0 Å². The molecular formula is C22H20F3N5O2S. The molecule has 0 radical (unpaired) electrons. The first kappa shape index (κ1) is 22.7. The van der Waals surface area contributed by atoms with Crippen LogP contribution in [0.25, 0.3) is 0 Å². The zero-order chi connectivity index (χ0) is 23.4. The van der Waals surface area contributed by atoms with Crippen molar-refractivity contribution in [2.24, 2.45) is 0 Å². The smallest absolute Gasteiger partial charge is 0.353 e. The van der Waals surface area contributed by atoms with E-state index in [0.717, 1.165) is 12.3 Å². The molecule has 2 aromatic heterocycles. The van der Waals surface area contributed by atoms with Crippen LogP contribution in [0.5, 0.6) is 0 Å². The summed E-state index contributed by atoms with van der Waals surface area (Å²) in [5.74, 6) is 0.0884. The van der Waals surface area contributed by atoms with Crippen LogP contribution in [0.1, 0.15) is 21.6 Å². The molecule has 11 heteroatoms. The third-order valence-corrected chi connectivity index (χ3v) is 5.98. The van der Waals surface area contributed by atoms with Crippen molar-refractivity contribution in [1.29, 1.82) is 0 Å². The lowest BCUT2D eigenvalue weighted by molar-refractivity contribution is -0.137. The highest BCUT2D eigenvalue weighted by Crippen LogP contribution is 2.29. The number of halogens is 3. The van der Waals surface area contributed by atoms with Crippen molar-refractivity contribution in [2.45, 2.75) is 12.6 Å². The number of aromatic nitrogens is 2. The minimum atomic E-state index is -4.42. The summed E-state index contributed by atoms with van der Waals surface area (Å²) in [7, 11) is 0. The summed E-state index contributed by atoms with van der Waals surface area (Å²) in [6.45, 7) is 1.81. The quantitative estimate of drug-likeness (QED) is 0.609. The second-order valence-corrected chi connectivity index (χ2v) is 8.27. The van der Waals surface area contributed by atoms with Crippen LogP contribution in [0.2, 0.25) is 0 Å². The average molecular weight is 475 g/mol. The Morgan fingerprint density at radius 3 is 2.39 bits per heavy atom. The molecule has 1 saturated heterocycles. The van der Waals surface area contributed by atoms with Gasteiger partial charge in [-0.2, -0.15) is 13.2 Å². The Balaban J connectivity index is 1.28. The van der Waals surface area contributed by atoms with Crippen molar-refractivity contribution >= 4 is 34.1 Å².